The molecule has 1 aromatic carbocycles. The van der Waals surface area contributed by atoms with Crippen LogP contribution in [0.5, 0.6) is 0 Å². The molecule has 13 heteroatoms. The molecule has 0 aliphatic carbocycles. The van der Waals surface area contributed by atoms with Gasteiger partial charge in [-0.25, -0.2) is 4.68 Å². The van der Waals surface area contributed by atoms with E-state index in [4.69, 9.17) is 5.73 Å². The Labute approximate surface area is 218 Å². The van der Waals surface area contributed by atoms with E-state index in [9.17, 15) is 27.6 Å². The number of nitrogens with zero attached hydrogens (tertiary/aromatic N) is 5. The van der Waals surface area contributed by atoms with Crippen LogP contribution in [-0.2, 0) is 28.0 Å². The first-order chi connectivity index (χ1) is 18.0. The van der Waals surface area contributed by atoms with Gasteiger partial charge in [0.2, 0.25) is 17.7 Å². The maximum atomic E-state index is 13.6. The van der Waals surface area contributed by atoms with Gasteiger partial charge in [-0.1, -0.05) is 11.3 Å². The number of carbonyl (C=O) groups excluding carboxylic acids is 3. The van der Waals surface area contributed by atoms with Crippen molar-refractivity contribution in [1.29, 1.82) is 0 Å². The smallest absolute Gasteiger partial charge is 0.350 e. The summed E-state index contributed by atoms with van der Waals surface area (Å²) < 4.78 is 42.3. The number of nitrogens with two attached hydrogens (primary N) is 1. The van der Waals surface area contributed by atoms with Crippen molar-refractivity contribution in [1.82, 2.24) is 30.1 Å². The summed E-state index contributed by atoms with van der Waals surface area (Å²) in [4.78, 5) is 41.5. The van der Waals surface area contributed by atoms with Gasteiger partial charge in [0.05, 0.1) is 17.5 Å². The minimum Gasteiger partial charge on any atom is -0.350 e. The normalized spacial score (nSPS) is 23.1. The Kier molecular flexibility index (Phi) is 8.24. The average molecular weight is 538 g/mol. The summed E-state index contributed by atoms with van der Waals surface area (Å²) in [6.07, 6.45) is -2.20. The van der Waals surface area contributed by atoms with Gasteiger partial charge in [0.15, 0.2) is 0 Å². The minimum atomic E-state index is -4.56. The number of halogens is 3. The molecule has 38 heavy (non-hydrogen) atoms. The van der Waals surface area contributed by atoms with Crippen LogP contribution in [0.1, 0.15) is 51.0 Å². The Morgan fingerprint density at radius 3 is 2.68 bits per heavy atom. The number of aryl methyl sites for hydroxylation is 1. The molecule has 0 radical (unpaired) electrons. The summed E-state index contributed by atoms with van der Waals surface area (Å²) >= 11 is 0. The molecule has 4 atom stereocenters. The zero-order chi connectivity index (χ0) is 27.6. The lowest BCUT2D eigenvalue weighted by molar-refractivity contribution is -0.171. The van der Waals surface area contributed by atoms with Gasteiger partial charge in [-0.05, 0) is 56.7 Å². The molecule has 2 saturated heterocycles. The lowest BCUT2D eigenvalue weighted by Crippen LogP contribution is -2.51. The van der Waals surface area contributed by atoms with Crippen molar-refractivity contribution in [2.24, 2.45) is 18.7 Å². The molecule has 0 bridgehead atoms. The SMILES string of the molecule is CC1CCCCN1C(=O)CC[C@H](N)C(=O)N1CC(C(F)(F)F)CC1C(=O)NCc1ccc2c(c1)nnn2C. The van der Waals surface area contributed by atoms with Crippen molar-refractivity contribution in [2.75, 3.05) is 13.1 Å². The van der Waals surface area contributed by atoms with Crippen LogP contribution in [0.3, 0.4) is 0 Å². The maximum absolute atomic E-state index is 13.6. The molecule has 4 rings (SSSR count). The Bertz CT molecular complexity index is 1180. The predicted molar refractivity (Wildman–Crippen MR) is 132 cm³/mol. The van der Waals surface area contributed by atoms with Crippen LogP contribution in [0, 0.1) is 5.92 Å². The highest BCUT2D eigenvalue weighted by Gasteiger charge is 2.51. The second kappa shape index (κ2) is 11.3. The Morgan fingerprint density at radius 2 is 1.97 bits per heavy atom. The molecule has 3 amide bonds. The number of aromatic nitrogens is 3. The van der Waals surface area contributed by atoms with Gasteiger partial charge in [-0.15, -0.1) is 5.10 Å². The molecule has 208 valence electrons. The van der Waals surface area contributed by atoms with Crippen LogP contribution in [-0.4, -0.2) is 79.9 Å². The lowest BCUT2D eigenvalue weighted by atomic mass is 10.0. The van der Waals surface area contributed by atoms with Crippen molar-refractivity contribution in [2.45, 2.75) is 76.3 Å². The van der Waals surface area contributed by atoms with Crippen LogP contribution < -0.4 is 11.1 Å². The molecular weight excluding hydrogens is 503 g/mol. The van der Waals surface area contributed by atoms with Crippen LogP contribution in [0.4, 0.5) is 13.2 Å². The van der Waals surface area contributed by atoms with Gasteiger partial charge in [0.1, 0.15) is 11.6 Å². The number of piperidine rings is 1. The van der Waals surface area contributed by atoms with Gasteiger partial charge in [-0.3, -0.25) is 14.4 Å². The fraction of sp³-hybridized carbons (Fsp3) is 0.640. The highest BCUT2D eigenvalue weighted by Crippen LogP contribution is 2.37. The number of amides is 3. The number of likely N-dealkylation sites (tertiary alicyclic amines) is 2. The Morgan fingerprint density at radius 1 is 1.21 bits per heavy atom. The molecule has 2 aromatic rings. The number of alkyl halides is 3. The zero-order valence-corrected chi connectivity index (χ0v) is 21.6. The van der Waals surface area contributed by atoms with E-state index in [-0.39, 0.29) is 31.3 Å². The van der Waals surface area contributed by atoms with E-state index >= 15 is 0 Å². The van der Waals surface area contributed by atoms with Crippen LogP contribution >= 0.6 is 0 Å². The first kappa shape index (κ1) is 27.8. The second-order valence-corrected chi connectivity index (χ2v) is 10.3. The quantitative estimate of drug-likeness (QED) is 0.556. The van der Waals surface area contributed by atoms with E-state index in [1.54, 1.807) is 34.8 Å². The van der Waals surface area contributed by atoms with E-state index in [0.29, 0.717) is 17.6 Å². The third kappa shape index (κ3) is 6.08. The summed E-state index contributed by atoms with van der Waals surface area (Å²) in [5.74, 6) is -3.39. The summed E-state index contributed by atoms with van der Waals surface area (Å²) in [5.41, 5.74) is 8.16. The highest BCUT2D eigenvalue weighted by atomic mass is 19.4. The van der Waals surface area contributed by atoms with Gasteiger partial charge in [0, 0.05) is 39.1 Å². The largest absolute Gasteiger partial charge is 0.393 e. The molecule has 1 aromatic heterocycles. The van der Waals surface area contributed by atoms with E-state index < -0.39 is 49.0 Å². The average Bonchev–Trinajstić information content (AvgIpc) is 3.50. The first-order valence-corrected chi connectivity index (χ1v) is 12.9. The number of carbonyl (C=O) groups is 3. The van der Waals surface area contributed by atoms with Crippen molar-refractivity contribution >= 4 is 28.8 Å². The zero-order valence-electron chi connectivity index (χ0n) is 21.6. The number of hydrogen-bond donors (Lipinski definition) is 2. The minimum absolute atomic E-state index is 0.000531. The number of rotatable bonds is 7. The van der Waals surface area contributed by atoms with Gasteiger partial charge >= 0.3 is 6.18 Å². The topological polar surface area (TPSA) is 126 Å². The lowest BCUT2D eigenvalue weighted by Gasteiger charge is -2.34. The monoisotopic (exact) mass is 537 g/mol. The van der Waals surface area contributed by atoms with Gasteiger partial charge in [-0.2, -0.15) is 13.2 Å². The van der Waals surface area contributed by atoms with Crippen molar-refractivity contribution in [3.05, 3.63) is 23.8 Å². The first-order valence-electron chi connectivity index (χ1n) is 12.9. The molecule has 2 aliphatic rings. The maximum Gasteiger partial charge on any atom is 0.393 e. The molecule has 2 aliphatic heterocycles. The molecule has 3 unspecified atom stereocenters. The van der Waals surface area contributed by atoms with Crippen LogP contribution in [0.2, 0.25) is 0 Å². The molecular formula is C25H34F3N7O3. The van der Waals surface area contributed by atoms with Crippen LogP contribution in [0.25, 0.3) is 11.0 Å². The number of nitrogens with one attached hydrogen (secondary N) is 1. The van der Waals surface area contributed by atoms with Gasteiger partial charge in [0.25, 0.3) is 0 Å². The predicted octanol–water partition coefficient (Wildman–Crippen LogP) is 1.87. The van der Waals surface area contributed by atoms with Crippen molar-refractivity contribution in [3.63, 3.8) is 0 Å². The van der Waals surface area contributed by atoms with Crippen LogP contribution in [0.15, 0.2) is 18.2 Å². The fourth-order valence-corrected chi connectivity index (χ4v) is 5.30. The Hall–Kier alpha value is -3.22. The third-order valence-electron chi connectivity index (χ3n) is 7.60. The highest BCUT2D eigenvalue weighted by molar-refractivity contribution is 5.91. The third-order valence-corrected chi connectivity index (χ3v) is 7.60. The fourth-order valence-electron chi connectivity index (χ4n) is 5.30. The van der Waals surface area contributed by atoms with Gasteiger partial charge < -0.3 is 20.9 Å². The summed E-state index contributed by atoms with van der Waals surface area (Å²) in [6.45, 7) is 2.03. The number of hydrogen-bond acceptors (Lipinski definition) is 6. The molecule has 0 saturated carbocycles. The molecule has 3 heterocycles. The van der Waals surface area contributed by atoms with E-state index in [1.165, 1.54) is 0 Å². The summed E-state index contributed by atoms with van der Waals surface area (Å²) in [7, 11) is 1.74. The standard InChI is InChI=1S/C25H34F3N7O3/c1-15-5-3-4-10-34(15)22(36)9-7-18(29)24(38)35-14-17(25(26,27)28)12-21(35)23(37)30-13-16-6-8-20-19(11-16)31-32-33(20)2/h6,8,11,15,17-18,21H,3-5,7,9-10,12-14,29H2,1-2H3,(H,30,37)/t15?,17?,18-,21?/m0/s1. The molecule has 3 N–H and O–H groups in total. The number of benzene rings is 1. The molecule has 0 spiro atoms. The van der Waals surface area contributed by atoms with E-state index in [1.807, 2.05) is 6.92 Å². The summed E-state index contributed by atoms with van der Waals surface area (Å²) in [5, 5.41) is 10.6. The Balaban J connectivity index is 1.39. The molecule has 2 fully saturated rings. The summed E-state index contributed by atoms with van der Waals surface area (Å²) in [6, 6.07) is 2.90. The van der Waals surface area contributed by atoms with E-state index in [2.05, 4.69) is 15.6 Å². The van der Waals surface area contributed by atoms with E-state index in [0.717, 1.165) is 29.7 Å². The molecule has 10 nitrogen and oxygen atoms in total. The van der Waals surface area contributed by atoms with Crippen molar-refractivity contribution < 1.29 is 27.6 Å². The van der Waals surface area contributed by atoms with Crippen molar-refractivity contribution in [3.8, 4) is 0 Å². The second-order valence-electron chi connectivity index (χ2n) is 10.3. The number of fused-ring (bicyclic) bond motifs is 1.